The van der Waals surface area contributed by atoms with Crippen LogP contribution >= 0.6 is 51.3 Å². The number of hydrogen-bond donors (Lipinski definition) is 2. The monoisotopic (exact) mass is 522 g/mol. The number of benzene rings is 2. The second kappa shape index (κ2) is 8.91. The van der Waals surface area contributed by atoms with Crippen molar-refractivity contribution in [3.63, 3.8) is 0 Å². The molecule has 0 aliphatic carbocycles. The molecule has 0 radical (unpaired) electrons. The lowest BCUT2D eigenvalue weighted by Crippen LogP contribution is -2.20. The molecule has 3 rings (SSSR count). The SMILES string of the molecule is FC(F)(F)c1cccc(NC(=S)Nc2nn(Cc3ccc(Cl)c(Cl)c3)cc2Br)c1. The van der Waals surface area contributed by atoms with E-state index in [0.29, 0.717) is 26.9 Å². The molecule has 0 amide bonds. The van der Waals surface area contributed by atoms with E-state index in [1.54, 1.807) is 23.0 Å². The Balaban J connectivity index is 1.67. The quantitative estimate of drug-likeness (QED) is 0.368. The highest BCUT2D eigenvalue weighted by atomic mass is 79.9. The van der Waals surface area contributed by atoms with Crippen molar-refractivity contribution in [1.82, 2.24) is 9.78 Å². The van der Waals surface area contributed by atoms with E-state index in [1.807, 2.05) is 6.07 Å². The van der Waals surface area contributed by atoms with Crippen LogP contribution in [0.2, 0.25) is 10.0 Å². The smallest absolute Gasteiger partial charge is 0.332 e. The Labute approximate surface area is 188 Å². The van der Waals surface area contributed by atoms with Crippen LogP contribution in [-0.2, 0) is 12.7 Å². The number of anilines is 2. The molecule has 29 heavy (non-hydrogen) atoms. The van der Waals surface area contributed by atoms with Crippen LogP contribution in [0.4, 0.5) is 24.7 Å². The zero-order chi connectivity index (χ0) is 21.2. The molecule has 1 heterocycles. The van der Waals surface area contributed by atoms with Crippen LogP contribution in [0, 0.1) is 0 Å². The molecule has 11 heteroatoms. The number of hydrogen-bond acceptors (Lipinski definition) is 2. The normalized spacial score (nSPS) is 11.4. The molecule has 0 aliphatic heterocycles. The van der Waals surface area contributed by atoms with Gasteiger partial charge in [0.2, 0.25) is 0 Å². The third-order valence-corrected chi connectivity index (χ3v) is 5.25. The maximum absolute atomic E-state index is 12.8. The molecule has 2 N–H and O–H groups in total. The first-order valence-electron chi connectivity index (χ1n) is 8.04. The Morgan fingerprint density at radius 3 is 2.55 bits per heavy atom. The van der Waals surface area contributed by atoms with E-state index in [2.05, 4.69) is 31.7 Å². The number of thiocarbonyl (C=S) groups is 1. The molecular weight excluding hydrogens is 512 g/mol. The Hall–Kier alpha value is -1.81. The minimum absolute atomic E-state index is 0.102. The molecule has 2 aromatic carbocycles. The number of alkyl halides is 3. The van der Waals surface area contributed by atoms with Gasteiger partial charge in [-0.25, -0.2) is 0 Å². The topological polar surface area (TPSA) is 41.9 Å². The van der Waals surface area contributed by atoms with Crippen LogP contribution in [0.15, 0.2) is 53.1 Å². The van der Waals surface area contributed by atoms with Crippen molar-refractivity contribution in [2.24, 2.45) is 0 Å². The molecule has 0 fully saturated rings. The molecule has 0 bridgehead atoms. The van der Waals surface area contributed by atoms with Crippen molar-refractivity contribution in [2.45, 2.75) is 12.7 Å². The summed E-state index contributed by atoms with van der Waals surface area (Å²) >= 11 is 20.5. The number of nitrogens with one attached hydrogen (secondary N) is 2. The van der Waals surface area contributed by atoms with Gasteiger partial charge < -0.3 is 10.6 Å². The maximum Gasteiger partial charge on any atom is 0.416 e. The lowest BCUT2D eigenvalue weighted by Gasteiger charge is -2.12. The Morgan fingerprint density at radius 2 is 1.86 bits per heavy atom. The fourth-order valence-electron chi connectivity index (χ4n) is 2.43. The number of halogens is 6. The summed E-state index contributed by atoms with van der Waals surface area (Å²) in [6.07, 6.45) is -2.70. The van der Waals surface area contributed by atoms with Crippen LogP contribution in [-0.4, -0.2) is 14.9 Å². The zero-order valence-corrected chi connectivity index (χ0v) is 18.3. The summed E-state index contributed by atoms with van der Waals surface area (Å²) < 4.78 is 40.8. The molecule has 152 valence electrons. The van der Waals surface area contributed by atoms with Crippen LogP contribution in [0.25, 0.3) is 0 Å². The Kier molecular flexibility index (Phi) is 6.72. The average molecular weight is 524 g/mol. The highest BCUT2D eigenvalue weighted by molar-refractivity contribution is 9.10. The van der Waals surface area contributed by atoms with E-state index in [0.717, 1.165) is 17.7 Å². The molecule has 3 aromatic rings. The van der Waals surface area contributed by atoms with Gasteiger partial charge in [0.1, 0.15) is 0 Å². The summed E-state index contributed by atoms with van der Waals surface area (Å²) in [6.45, 7) is 0.436. The third-order valence-electron chi connectivity index (χ3n) is 3.73. The highest BCUT2D eigenvalue weighted by Crippen LogP contribution is 2.31. The van der Waals surface area contributed by atoms with Gasteiger partial charge in [-0.15, -0.1) is 0 Å². The molecule has 0 saturated heterocycles. The number of aromatic nitrogens is 2. The first-order valence-corrected chi connectivity index (χ1v) is 9.99. The Morgan fingerprint density at radius 1 is 1.10 bits per heavy atom. The molecular formula is C18H12BrCl2F3N4S. The van der Waals surface area contributed by atoms with Gasteiger partial charge in [0.25, 0.3) is 0 Å². The zero-order valence-electron chi connectivity index (χ0n) is 14.4. The summed E-state index contributed by atoms with van der Waals surface area (Å²) in [5.74, 6) is 0.412. The van der Waals surface area contributed by atoms with E-state index in [-0.39, 0.29) is 10.8 Å². The third kappa shape index (κ3) is 5.85. The van der Waals surface area contributed by atoms with E-state index < -0.39 is 11.7 Å². The van der Waals surface area contributed by atoms with Crippen molar-refractivity contribution in [3.05, 3.63) is 74.3 Å². The molecule has 1 aromatic heterocycles. The predicted octanol–water partition coefficient (Wildman–Crippen LogP) is 6.83. The van der Waals surface area contributed by atoms with Gasteiger partial charge in [-0.3, -0.25) is 4.68 Å². The lowest BCUT2D eigenvalue weighted by atomic mass is 10.2. The van der Waals surface area contributed by atoms with Crippen molar-refractivity contribution in [1.29, 1.82) is 0 Å². The molecule has 0 saturated carbocycles. The second-order valence-electron chi connectivity index (χ2n) is 5.93. The van der Waals surface area contributed by atoms with Crippen LogP contribution < -0.4 is 10.6 Å². The minimum Gasteiger partial charge on any atom is -0.332 e. The minimum atomic E-state index is -4.43. The van der Waals surface area contributed by atoms with Crippen LogP contribution in [0.5, 0.6) is 0 Å². The van der Waals surface area contributed by atoms with E-state index in [9.17, 15) is 13.2 Å². The standard InChI is InChI=1S/C18H12BrCl2F3N4S/c19-13-9-28(8-10-4-5-14(20)15(21)6-10)27-16(13)26-17(29)25-12-3-1-2-11(7-12)18(22,23)24/h1-7,9H,8H2,(H2,25,26,27,29). The van der Waals surface area contributed by atoms with Gasteiger partial charge in [0, 0.05) is 11.9 Å². The fraction of sp³-hybridized carbons (Fsp3) is 0.111. The second-order valence-corrected chi connectivity index (χ2v) is 8.01. The first-order chi connectivity index (χ1) is 13.6. The Bertz CT molecular complexity index is 1060. The van der Waals surface area contributed by atoms with Crippen molar-refractivity contribution < 1.29 is 13.2 Å². The lowest BCUT2D eigenvalue weighted by molar-refractivity contribution is -0.137. The molecule has 0 unspecified atom stereocenters. The average Bonchev–Trinajstić information content (AvgIpc) is 2.96. The van der Waals surface area contributed by atoms with E-state index in [4.69, 9.17) is 35.4 Å². The van der Waals surface area contributed by atoms with Crippen molar-refractivity contribution >= 4 is 68.0 Å². The van der Waals surface area contributed by atoms with E-state index >= 15 is 0 Å². The number of nitrogens with zero attached hydrogens (tertiary/aromatic N) is 2. The van der Waals surface area contributed by atoms with Gasteiger partial charge in [0.05, 0.1) is 26.6 Å². The summed E-state index contributed by atoms with van der Waals surface area (Å²) in [7, 11) is 0. The summed E-state index contributed by atoms with van der Waals surface area (Å²) in [4.78, 5) is 0. The van der Waals surface area contributed by atoms with Gasteiger partial charge >= 0.3 is 6.18 Å². The highest BCUT2D eigenvalue weighted by Gasteiger charge is 2.30. The van der Waals surface area contributed by atoms with Crippen LogP contribution in [0.3, 0.4) is 0 Å². The predicted molar refractivity (Wildman–Crippen MR) is 117 cm³/mol. The summed E-state index contributed by atoms with van der Waals surface area (Å²) in [6, 6.07) is 10.0. The number of rotatable bonds is 4. The maximum atomic E-state index is 12.8. The van der Waals surface area contributed by atoms with Gasteiger partial charge in [0.15, 0.2) is 10.9 Å². The fourth-order valence-corrected chi connectivity index (χ4v) is 3.38. The van der Waals surface area contributed by atoms with Crippen LogP contribution in [0.1, 0.15) is 11.1 Å². The first kappa shape index (κ1) is 21.9. The van der Waals surface area contributed by atoms with Gasteiger partial charge in [-0.1, -0.05) is 35.3 Å². The van der Waals surface area contributed by atoms with E-state index in [1.165, 1.54) is 12.1 Å². The molecule has 0 spiro atoms. The van der Waals surface area contributed by atoms with Gasteiger partial charge in [-0.2, -0.15) is 18.3 Å². The van der Waals surface area contributed by atoms with Crippen molar-refractivity contribution in [3.8, 4) is 0 Å². The summed E-state index contributed by atoms with van der Waals surface area (Å²) in [5.41, 5.74) is 0.340. The molecule has 4 nitrogen and oxygen atoms in total. The molecule has 0 atom stereocenters. The van der Waals surface area contributed by atoms with Gasteiger partial charge in [-0.05, 0) is 64.0 Å². The molecule has 0 aliphatic rings. The largest absolute Gasteiger partial charge is 0.416 e. The summed E-state index contributed by atoms with van der Waals surface area (Å²) in [5, 5.41) is 11.0. The van der Waals surface area contributed by atoms with Crippen molar-refractivity contribution in [2.75, 3.05) is 10.6 Å².